The Balaban J connectivity index is 1.61. The Labute approximate surface area is 302 Å². The van der Waals surface area contributed by atoms with Crippen molar-refractivity contribution in [2.75, 3.05) is 171 Å². The van der Waals surface area contributed by atoms with Gasteiger partial charge >= 0.3 is 0 Å². The number of ether oxygens (including phenoxy) is 12. The molecule has 0 saturated carbocycles. The summed E-state index contributed by atoms with van der Waals surface area (Å²) in [6.07, 6.45) is 5.22. The maximum absolute atomic E-state index is 11.9. The van der Waals surface area contributed by atoms with Gasteiger partial charge in [-0.2, -0.15) is 0 Å². The van der Waals surface area contributed by atoms with Gasteiger partial charge in [-0.1, -0.05) is 28.0 Å². The van der Waals surface area contributed by atoms with Crippen LogP contribution in [0.15, 0.2) is 0 Å². The van der Waals surface area contributed by atoms with E-state index in [9.17, 15) is 4.79 Å². The summed E-state index contributed by atoms with van der Waals surface area (Å²) in [6, 6.07) is 0. The highest BCUT2D eigenvalue weighted by atomic mass is 33.1. The molecule has 1 aliphatic heterocycles. The summed E-state index contributed by atoms with van der Waals surface area (Å²) in [7, 11) is 5.62. The maximum Gasteiger partial charge on any atom is 0.220 e. The highest BCUT2D eigenvalue weighted by Gasteiger charge is 2.15. The first-order valence-corrected chi connectivity index (χ1v) is 20.1. The highest BCUT2D eigenvalue weighted by molar-refractivity contribution is 8.77. The molecule has 1 atom stereocenters. The highest BCUT2D eigenvalue weighted by Crippen LogP contribution is 2.39. The molecule has 0 unspecified atom stereocenters. The second-order valence-electron chi connectivity index (χ2n) is 10.7. The normalized spacial score (nSPS) is 14.6. The smallest absolute Gasteiger partial charge is 0.220 e. The molecular weight excluding hydrogens is 682 g/mol. The van der Waals surface area contributed by atoms with E-state index in [-0.39, 0.29) is 5.91 Å². The molecular formula is C33H65NO13S2. The van der Waals surface area contributed by atoms with Crippen molar-refractivity contribution in [3.05, 3.63) is 0 Å². The van der Waals surface area contributed by atoms with Gasteiger partial charge in [-0.25, -0.2) is 0 Å². The third-order valence-electron chi connectivity index (χ3n) is 6.63. The van der Waals surface area contributed by atoms with Crippen molar-refractivity contribution in [1.82, 2.24) is 5.32 Å². The number of rotatable bonds is 41. The zero-order valence-electron chi connectivity index (χ0n) is 29.9. The summed E-state index contributed by atoms with van der Waals surface area (Å²) < 4.78 is 64.9. The van der Waals surface area contributed by atoms with Crippen LogP contribution in [0.3, 0.4) is 0 Å². The minimum absolute atomic E-state index is 0.109. The second kappa shape index (κ2) is 40.5. The zero-order valence-corrected chi connectivity index (χ0v) is 31.5. The van der Waals surface area contributed by atoms with Crippen LogP contribution in [0.5, 0.6) is 0 Å². The molecule has 1 saturated heterocycles. The first kappa shape index (κ1) is 46.7. The molecule has 0 radical (unpaired) electrons. The number of unbranched alkanes of at least 4 members (excludes halogenated alkanes) is 1. The minimum Gasteiger partial charge on any atom is -0.382 e. The van der Waals surface area contributed by atoms with E-state index in [1.165, 1.54) is 18.6 Å². The molecule has 0 aromatic carbocycles. The van der Waals surface area contributed by atoms with Gasteiger partial charge in [-0.3, -0.25) is 4.79 Å². The number of hydrogen-bond donors (Lipinski definition) is 1. The summed E-state index contributed by atoms with van der Waals surface area (Å²) in [4.78, 5) is 11.9. The van der Waals surface area contributed by atoms with E-state index in [0.717, 1.165) is 18.1 Å². The minimum atomic E-state index is 0.109. The molecule has 49 heavy (non-hydrogen) atoms. The lowest BCUT2D eigenvalue weighted by atomic mass is 10.1. The number of amides is 1. The van der Waals surface area contributed by atoms with Crippen LogP contribution in [0, 0.1) is 0 Å². The first-order valence-electron chi connectivity index (χ1n) is 17.7. The molecule has 1 amide bonds. The molecule has 0 aromatic heterocycles. The third kappa shape index (κ3) is 37.3. The molecule has 0 spiro atoms. The summed E-state index contributed by atoms with van der Waals surface area (Å²) in [5.74, 6) is 1.38. The van der Waals surface area contributed by atoms with Gasteiger partial charge in [0.05, 0.1) is 152 Å². The Bertz CT molecular complexity index is 670. The van der Waals surface area contributed by atoms with Crippen LogP contribution < -0.4 is 5.32 Å². The average Bonchev–Trinajstić information content (AvgIpc) is 3.64. The Hall–Kier alpha value is -0.310. The lowest BCUT2D eigenvalue weighted by Crippen LogP contribution is -2.27. The Morgan fingerprint density at radius 3 is 1.18 bits per heavy atom. The van der Waals surface area contributed by atoms with Crippen LogP contribution >= 0.6 is 21.6 Å². The standard InChI is InChI=1S/C33H65NO13S2/c1-36-9-10-38-13-14-40-17-18-42-21-22-44-25-26-46-29-30-47-28-27-45-24-23-43-20-19-41-16-15-39-12-11-37-8-7-34-33(35)5-3-2-4-32-6-31-48-49-32/h32H,2-31H2,1H3,(H,34,35)/t32-/m0/s1. The van der Waals surface area contributed by atoms with E-state index in [0.29, 0.717) is 165 Å². The van der Waals surface area contributed by atoms with E-state index in [4.69, 9.17) is 56.8 Å². The van der Waals surface area contributed by atoms with Crippen molar-refractivity contribution >= 4 is 27.5 Å². The topological polar surface area (TPSA) is 140 Å². The number of nitrogens with one attached hydrogen (secondary N) is 1. The van der Waals surface area contributed by atoms with Crippen molar-refractivity contribution < 1.29 is 61.6 Å². The summed E-state index contributed by atoms with van der Waals surface area (Å²) >= 11 is 0. The lowest BCUT2D eigenvalue weighted by Gasteiger charge is -2.09. The second-order valence-corrected chi connectivity index (χ2v) is 13.4. The quantitative estimate of drug-likeness (QED) is 0.0724. The Morgan fingerprint density at radius 2 is 0.857 bits per heavy atom. The Kier molecular flexibility index (Phi) is 38.6. The lowest BCUT2D eigenvalue weighted by molar-refractivity contribution is -0.121. The largest absolute Gasteiger partial charge is 0.382 e. The molecule has 1 fully saturated rings. The van der Waals surface area contributed by atoms with Crippen LogP contribution in [0.2, 0.25) is 0 Å². The molecule has 0 bridgehead atoms. The van der Waals surface area contributed by atoms with E-state index in [1.54, 1.807) is 7.11 Å². The van der Waals surface area contributed by atoms with Crippen LogP contribution in [0.1, 0.15) is 32.1 Å². The molecule has 1 heterocycles. The van der Waals surface area contributed by atoms with E-state index >= 15 is 0 Å². The van der Waals surface area contributed by atoms with E-state index in [2.05, 4.69) is 5.32 Å². The Morgan fingerprint density at radius 1 is 0.510 bits per heavy atom. The maximum atomic E-state index is 11.9. The van der Waals surface area contributed by atoms with E-state index < -0.39 is 0 Å². The molecule has 16 heteroatoms. The van der Waals surface area contributed by atoms with Crippen LogP contribution in [-0.4, -0.2) is 183 Å². The molecule has 1 rings (SSSR count). The van der Waals surface area contributed by atoms with Crippen molar-refractivity contribution in [3.8, 4) is 0 Å². The van der Waals surface area contributed by atoms with Gasteiger partial charge in [-0.15, -0.1) is 0 Å². The van der Waals surface area contributed by atoms with Crippen molar-refractivity contribution in [2.24, 2.45) is 0 Å². The van der Waals surface area contributed by atoms with Gasteiger partial charge in [0.2, 0.25) is 5.91 Å². The molecule has 1 N–H and O–H groups in total. The number of methoxy groups -OCH3 is 1. The van der Waals surface area contributed by atoms with Crippen molar-refractivity contribution in [1.29, 1.82) is 0 Å². The number of carbonyl (C=O) groups is 1. The van der Waals surface area contributed by atoms with Gasteiger partial charge in [0.25, 0.3) is 0 Å². The average molecular weight is 748 g/mol. The van der Waals surface area contributed by atoms with Gasteiger partial charge in [0.15, 0.2) is 0 Å². The fourth-order valence-electron chi connectivity index (χ4n) is 4.02. The summed E-state index contributed by atoms with van der Waals surface area (Å²) in [5, 5.41) is 3.70. The van der Waals surface area contributed by atoms with Gasteiger partial charge in [0, 0.05) is 31.1 Å². The molecule has 0 aliphatic carbocycles. The van der Waals surface area contributed by atoms with E-state index in [1.807, 2.05) is 21.6 Å². The molecule has 14 nitrogen and oxygen atoms in total. The van der Waals surface area contributed by atoms with Crippen LogP contribution in [0.4, 0.5) is 0 Å². The summed E-state index contributed by atoms with van der Waals surface area (Å²) in [5.41, 5.74) is 0. The monoisotopic (exact) mass is 747 g/mol. The molecule has 292 valence electrons. The van der Waals surface area contributed by atoms with Crippen LogP contribution in [-0.2, 0) is 61.6 Å². The molecule has 1 aliphatic rings. The fraction of sp³-hybridized carbons (Fsp3) is 0.970. The summed E-state index contributed by atoms with van der Waals surface area (Å²) in [6.45, 7) is 12.5. The predicted molar refractivity (Wildman–Crippen MR) is 191 cm³/mol. The third-order valence-corrected chi connectivity index (χ3v) is 9.63. The van der Waals surface area contributed by atoms with Gasteiger partial charge in [0.1, 0.15) is 0 Å². The first-order chi connectivity index (χ1) is 24.3. The van der Waals surface area contributed by atoms with Gasteiger partial charge < -0.3 is 62.2 Å². The zero-order chi connectivity index (χ0) is 35.0. The number of carbonyl (C=O) groups excluding carboxylic acids is 1. The predicted octanol–water partition coefficient (Wildman–Crippen LogP) is 2.65. The molecule has 0 aromatic rings. The van der Waals surface area contributed by atoms with Crippen LogP contribution in [0.25, 0.3) is 0 Å². The van der Waals surface area contributed by atoms with Gasteiger partial charge in [-0.05, 0) is 19.3 Å². The van der Waals surface area contributed by atoms with Crippen molar-refractivity contribution in [3.63, 3.8) is 0 Å². The SMILES string of the molecule is COCCOCCOCCOCCOCCOCCOCCOCCOCCOCCOCCOCCNC(=O)CCCC[C@H]1CCSS1. The number of hydrogen-bond acceptors (Lipinski definition) is 15. The fourth-order valence-corrected chi connectivity index (χ4v) is 7.04. The van der Waals surface area contributed by atoms with Crippen molar-refractivity contribution in [2.45, 2.75) is 37.4 Å².